The van der Waals surface area contributed by atoms with Crippen LogP contribution in [0.2, 0.25) is 0 Å². The lowest BCUT2D eigenvalue weighted by Crippen LogP contribution is -2.57. The predicted molar refractivity (Wildman–Crippen MR) is 78.6 cm³/mol. The van der Waals surface area contributed by atoms with E-state index < -0.39 is 6.04 Å². The second-order valence-electron chi connectivity index (χ2n) is 6.70. The van der Waals surface area contributed by atoms with Gasteiger partial charge in [0, 0.05) is 26.1 Å². The van der Waals surface area contributed by atoms with Gasteiger partial charge in [-0.3, -0.25) is 4.79 Å². The topological polar surface area (TPSA) is 58.6 Å². The van der Waals surface area contributed by atoms with Gasteiger partial charge in [-0.1, -0.05) is 6.42 Å². The Kier molecular flexibility index (Phi) is 4.48. The number of hydrogen-bond donors (Lipinski definition) is 1. The normalized spacial score (nSPS) is 35.0. The molecular formula is C16H26N2O3. The van der Waals surface area contributed by atoms with Crippen molar-refractivity contribution in [3.05, 3.63) is 0 Å². The molecule has 3 fully saturated rings. The summed E-state index contributed by atoms with van der Waals surface area (Å²) in [5, 5.41) is 3.18. The summed E-state index contributed by atoms with van der Waals surface area (Å²) in [6, 6.07) is -0.440. The smallest absolute Gasteiger partial charge is 0.330 e. The van der Waals surface area contributed by atoms with E-state index in [-0.39, 0.29) is 11.9 Å². The first-order valence-electron chi connectivity index (χ1n) is 8.35. The molecule has 1 saturated heterocycles. The Hall–Kier alpha value is -1.10. The Balaban J connectivity index is 1.60. The highest BCUT2D eigenvalue weighted by atomic mass is 16.5. The van der Waals surface area contributed by atoms with Gasteiger partial charge in [0.15, 0.2) is 0 Å². The van der Waals surface area contributed by atoms with Crippen molar-refractivity contribution in [2.24, 2.45) is 17.8 Å². The number of carbonyl (C=O) groups is 2. The van der Waals surface area contributed by atoms with Crippen molar-refractivity contribution in [2.75, 3.05) is 26.2 Å². The van der Waals surface area contributed by atoms with Crippen molar-refractivity contribution >= 4 is 11.9 Å². The minimum atomic E-state index is -0.440. The highest BCUT2D eigenvalue weighted by Gasteiger charge is 2.42. The lowest BCUT2D eigenvalue weighted by atomic mass is 9.86. The Morgan fingerprint density at radius 2 is 2.14 bits per heavy atom. The maximum Gasteiger partial charge on any atom is 0.330 e. The Morgan fingerprint density at radius 1 is 1.29 bits per heavy atom. The van der Waals surface area contributed by atoms with Crippen LogP contribution in [-0.2, 0) is 14.3 Å². The molecule has 4 unspecified atom stereocenters. The van der Waals surface area contributed by atoms with Gasteiger partial charge in [0.25, 0.3) is 0 Å². The van der Waals surface area contributed by atoms with Crippen LogP contribution in [0.25, 0.3) is 0 Å². The maximum atomic E-state index is 12.6. The molecule has 5 nitrogen and oxygen atoms in total. The maximum absolute atomic E-state index is 12.6. The van der Waals surface area contributed by atoms with Crippen LogP contribution in [0.3, 0.4) is 0 Å². The van der Waals surface area contributed by atoms with Crippen molar-refractivity contribution in [1.29, 1.82) is 0 Å². The van der Waals surface area contributed by atoms with Gasteiger partial charge >= 0.3 is 5.97 Å². The summed E-state index contributed by atoms with van der Waals surface area (Å²) in [6.07, 6.45) is 5.81. The average molecular weight is 294 g/mol. The summed E-state index contributed by atoms with van der Waals surface area (Å²) in [4.78, 5) is 26.4. The van der Waals surface area contributed by atoms with Gasteiger partial charge in [0.05, 0.1) is 6.61 Å². The van der Waals surface area contributed by atoms with Crippen LogP contribution in [0, 0.1) is 17.8 Å². The zero-order valence-electron chi connectivity index (χ0n) is 12.8. The van der Waals surface area contributed by atoms with E-state index in [0.29, 0.717) is 32.0 Å². The van der Waals surface area contributed by atoms with Gasteiger partial charge < -0.3 is 15.0 Å². The molecule has 0 aromatic heterocycles. The molecule has 2 bridgehead atoms. The number of amides is 1. The first kappa shape index (κ1) is 14.8. The summed E-state index contributed by atoms with van der Waals surface area (Å²) < 4.78 is 5.11. The SMILES string of the molecule is CCOC(=O)C1CNCCN1C(=O)CC1CC2CCC1C2. The van der Waals surface area contributed by atoms with Crippen molar-refractivity contribution in [2.45, 2.75) is 45.1 Å². The number of ether oxygens (including phenoxy) is 1. The van der Waals surface area contributed by atoms with Crippen LogP contribution in [0.15, 0.2) is 0 Å². The molecule has 118 valence electrons. The fourth-order valence-electron chi connectivity index (χ4n) is 4.42. The van der Waals surface area contributed by atoms with Gasteiger partial charge in [-0.2, -0.15) is 0 Å². The molecule has 0 aromatic carbocycles. The fraction of sp³-hybridized carbons (Fsp3) is 0.875. The molecule has 0 spiro atoms. The number of hydrogen-bond acceptors (Lipinski definition) is 4. The highest BCUT2D eigenvalue weighted by molar-refractivity contribution is 5.85. The quantitative estimate of drug-likeness (QED) is 0.791. The number of fused-ring (bicyclic) bond motifs is 2. The Bertz CT molecular complexity index is 412. The van der Waals surface area contributed by atoms with E-state index in [1.807, 2.05) is 0 Å². The summed E-state index contributed by atoms with van der Waals surface area (Å²) in [5.74, 6) is 2.03. The van der Waals surface area contributed by atoms with E-state index in [1.54, 1.807) is 11.8 Å². The van der Waals surface area contributed by atoms with Crippen LogP contribution >= 0.6 is 0 Å². The van der Waals surface area contributed by atoms with Crippen LogP contribution in [0.1, 0.15) is 39.0 Å². The second-order valence-corrected chi connectivity index (χ2v) is 6.70. The van der Waals surface area contributed by atoms with Gasteiger partial charge in [-0.15, -0.1) is 0 Å². The van der Waals surface area contributed by atoms with Crippen molar-refractivity contribution in [3.63, 3.8) is 0 Å². The lowest BCUT2D eigenvalue weighted by molar-refractivity contribution is -0.156. The predicted octanol–water partition coefficient (Wildman–Crippen LogP) is 1.18. The molecule has 2 saturated carbocycles. The second kappa shape index (κ2) is 6.34. The molecule has 3 aliphatic rings. The molecule has 3 rings (SSSR count). The fourth-order valence-corrected chi connectivity index (χ4v) is 4.42. The first-order valence-corrected chi connectivity index (χ1v) is 8.35. The first-order chi connectivity index (χ1) is 10.2. The van der Waals surface area contributed by atoms with Crippen molar-refractivity contribution in [3.8, 4) is 0 Å². The molecule has 2 aliphatic carbocycles. The minimum Gasteiger partial charge on any atom is -0.464 e. The Morgan fingerprint density at radius 3 is 2.81 bits per heavy atom. The summed E-state index contributed by atoms with van der Waals surface area (Å²) in [7, 11) is 0. The van der Waals surface area contributed by atoms with Crippen LogP contribution in [0.4, 0.5) is 0 Å². The lowest BCUT2D eigenvalue weighted by Gasteiger charge is -2.35. The molecule has 0 radical (unpaired) electrons. The summed E-state index contributed by atoms with van der Waals surface area (Å²) in [5.41, 5.74) is 0. The third-order valence-corrected chi connectivity index (χ3v) is 5.44. The number of carbonyl (C=O) groups excluding carboxylic acids is 2. The molecule has 1 N–H and O–H groups in total. The molecular weight excluding hydrogens is 268 g/mol. The molecule has 21 heavy (non-hydrogen) atoms. The third kappa shape index (κ3) is 3.07. The largest absolute Gasteiger partial charge is 0.464 e. The van der Waals surface area contributed by atoms with E-state index >= 15 is 0 Å². The molecule has 4 atom stereocenters. The van der Waals surface area contributed by atoms with E-state index in [1.165, 1.54) is 25.7 Å². The monoisotopic (exact) mass is 294 g/mol. The van der Waals surface area contributed by atoms with Gasteiger partial charge in [-0.05, 0) is 43.9 Å². The summed E-state index contributed by atoms with van der Waals surface area (Å²) in [6.45, 7) is 4.06. The average Bonchev–Trinajstić information content (AvgIpc) is 3.10. The molecule has 1 aliphatic heterocycles. The molecule has 1 heterocycles. The van der Waals surface area contributed by atoms with Crippen LogP contribution in [-0.4, -0.2) is 49.1 Å². The molecule has 0 aromatic rings. The van der Waals surface area contributed by atoms with Crippen molar-refractivity contribution < 1.29 is 14.3 Å². The van der Waals surface area contributed by atoms with Crippen molar-refractivity contribution in [1.82, 2.24) is 10.2 Å². The van der Waals surface area contributed by atoms with Gasteiger partial charge in [0.2, 0.25) is 5.91 Å². The Labute approximate surface area is 126 Å². The van der Waals surface area contributed by atoms with Crippen LogP contribution < -0.4 is 5.32 Å². The zero-order chi connectivity index (χ0) is 14.8. The number of rotatable bonds is 4. The number of nitrogens with one attached hydrogen (secondary N) is 1. The van der Waals surface area contributed by atoms with E-state index in [0.717, 1.165) is 18.4 Å². The number of nitrogens with zero attached hydrogens (tertiary/aromatic N) is 1. The highest BCUT2D eigenvalue weighted by Crippen LogP contribution is 2.49. The van der Waals surface area contributed by atoms with E-state index in [9.17, 15) is 9.59 Å². The number of piperazine rings is 1. The molecule has 1 amide bonds. The third-order valence-electron chi connectivity index (χ3n) is 5.44. The van der Waals surface area contributed by atoms with E-state index in [4.69, 9.17) is 4.74 Å². The van der Waals surface area contributed by atoms with Gasteiger partial charge in [-0.25, -0.2) is 4.79 Å². The minimum absolute atomic E-state index is 0.145. The standard InChI is InChI=1S/C16H26N2O3/c1-2-21-16(20)14-10-17-5-6-18(14)15(19)9-13-8-11-3-4-12(13)7-11/h11-14,17H,2-10H2,1H3. The van der Waals surface area contributed by atoms with Gasteiger partial charge in [0.1, 0.15) is 6.04 Å². The number of esters is 1. The zero-order valence-corrected chi connectivity index (χ0v) is 12.8. The summed E-state index contributed by atoms with van der Waals surface area (Å²) >= 11 is 0. The van der Waals surface area contributed by atoms with Crippen LogP contribution in [0.5, 0.6) is 0 Å². The van der Waals surface area contributed by atoms with E-state index in [2.05, 4.69) is 5.32 Å². The molecule has 5 heteroatoms.